The third-order valence-corrected chi connectivity index (χ3v) is 8.32. The van der Waals surface area contributed by atoms with E-state index in [1.165, 1.54) is 17.0 Å². The summed E-state index contributed by atoms with van der Waals surface area (Å²) in [7, 11) is -4.11. The van der Waals surface area contributed by atoms with Crippen LogP contribution in [0.5, 0.6) is 0 Å². The van der Waals surface area contributed by atoms with Crippen molar-refractivity contribution in [2.75, 3.05) is 10.8 Å². The van der Waals surface area contributed by atoms with E-state index in [2.05, 4.69) is 5.32 Å². The fourth-order valence-corrected chi connectivity index (χ4v) is 5.95. The standard InChI is InChI=1S/C30H36ClN3O4S/c1-6-26(29(36)32-30(3,4)5)33(20-23-15-11-12-18-25(23)31)28(35)21-34(27-19-13-10-14-22(27)2)39(37,38)24-16-8-7-9-17-24/h7-19,26H,6,20-21H2,1-5H3,(H,32,36)/t26-/m0/s1. The van der Waals surface area contributed by atoms with Gasteiger partial charge in [-0.25, -0.2) is 8.42 Å². The van der Waals surface area contributed by atoms with Gasteiger partial charge in [0.15, 0.2) is 0 Å². The van der Waals surface area contributed by atoms with Gasteiger partial charge in [0.05, 0.1) is 10.6 Å². The first-order valence-corrected chi connectivity index (χ1v) is 14.6. The number of benzene rings is 3. The molecule has 0 radical (unpaired) electrons. The number of nitrogens with one attached hydrogen (secondary N) is 1. The summed E-state index contributed by atoms with van der Waals surface area (Å²) in [6.07, 6.45) is 0.327. The van der Waals surface area contributed by atoms with Crippen molar-refractivity contribution in [1.29, 1.82) is 0 Å². The zero-order valence-electron chi connectivity index (χ0n) is 23.0. The molecule has 7 nitrogen and oxygen atoms in total. The molecular weight excluding hydrogens is 534 g/mol. The van der Waals surface area contributed by atoms with Gasteiger partial charge >= 0.3 is 0 Å². The average molecular weight is 570 g/mol. The van der Waals surface area contributed by atoms with Gasteiger partial charge in [-0.05, 0) is 69.5 Å². The highest BCUT2D eigenvalue weighted by atomic mass is 35.5. The van der Waals surface area contributed by atoms with E-state index in [1.54, 1.807) is 67.6 Å². The van der Waals surface area contributed by atoms with Crippen molar-refractivity contribution >= 4 is 39.1 Å². The van der Waals surface area contributed by atoms with Crippen LogP contribution in [-0.2, 0) is 26.2 Å². The Labute approximate surface area is 236 Å². The van der Waals surface area contributed by atoms with Crippen LogP contribution < -0.4 is 9.62 Å². The molecule has 0 heterocycles. The first-order valence-electron chi connectivity index (χ1n) is 12.8. The van der Waals surface area contributed by atoms with Crippen LogP contribution in [0.4, 0.5) is 5.69 Å². The lowest BCUT2D eigenvalue weighted by atomic mass is 10.1. The summed E-state index contributed by atoms with van der Waals surface area (Å²) in [5.41, 5.74) is 1.22. The molecule has 9 heteroatoms. The second-order valence-corrected chi connectivity index (χ2v) is 12.7. The Kier molecular flexibility index (Phi) is 9.80. The van der Waals surface area contributed by atoms with Crippen molar-refractivity contribution in [3.05, 3.63) is 95.0 Å². The third-order valence-electron chi connectivity index (χ3n) is 6.18. The number of sulfonamides is 1. The van der Waals surface area contributed by atoms with Crippen LogP contribution in [0.15, 0.2) is 83.8 Å². The van der Waals surface area contributed by atoms with Crippen molar-refractivity contribution in [3.8, 4) is 0 Å². The van der Waals surface area contributed by atoms with E-state index < -0.39 is 34.1 Å². The van der Waals surface area contributed by atoms with Crippen LogP contribution in [-0.4, -0.2) is 43.3 Å². The van der Waals surface area contributed by atoms with Crippen molar-refractivity contribution in [3.63, 3.8) is 0 Å². The third kappa shape index (κ3) is 7.61. The van der Waals surface area contributed by atoms with E-state index in [9.17, 15) is 18.0 Å². The number of carbonyl (C=O) groups excluding carboxylic acids is 2. The van der Waals surface area contributed by atoms with Crippen molar-refractivity contribution in [1.82, 2.24) is 10.2 Å². The number of rotatable bonds is 10. The van der Waals surface area contributed by atoms with Crippen molar-refractivity contribution < 1.29 is 18.0 Å². The topological polar surface area (TPSA) is 86.8 Å². The smallest absolute Gasteiger partial charge is 0.264 e. The van der Waals surface area contributed by atoms with Crippen LogP contribution in [0.25, 0.3) is 0 Å². The molecule has 1 atom stereocenters. The maximum absolute atomic E-state index is 14.1. The van der Waals surface area contributed by atoms with Crippen LogP contribution in [0.1, 0.15) is 45.2 Å². The van der Waals surface area contributed by atoms with Crippen LogP contribution >= 0.6 is 11.6 Å². The molecule has 0 aromatic heterocycles. The molecule has 0 bridgehead atoms. The lowest BCUT2D eigenvalue weighted by Gasteiger charge is -2.35. The summed E-state index contributed by atoms with van der Waals surface area (Å²) >= 11 is 6.44. The molecule has 0 unspecified atom stereocenters. The summed E-state index contributed by atoms with van der Waals surface area (Å²) in [5, 5.41) is 3.41. The fraction of sp³-hybridized carbons (Fsp3) is 0.333. The molecule has 0 saturated carbocycles. The summed E-state index contributed by atoms with van der Waals surface area (Å²) in [6.45, 7) is 8.76. The Morgan fingerprint density at radius 2 is 1.51 bits per heavy atom. The van der Waals surface area contributed by atoms with Gasteiger partial charge in [0, 0.05) is 17.1 Å². The number of anilines is 1. The monoisotopic (exact) mass is 569 g/mol. The summed E-state index contributed by atoms with van der Waals surface area (Å²) in [6, 6.07) is 21.3. The molecule has 3 aromatic rings. The number of nitrogens with zero attached hydrogens (tertiary/aromatic N) is 2. The number of hydrogen-bond acceptors (Lipinski definition) is 4. The minimum absolute atomic E-state index is 0.0432. The zero-order valence-corrected chi connectivity index (χ0v) is 24.6. The molecule has 0 fully saturated rings. The van der Waals surface area contributed by atoms with Crippen molar-refractivity contribution in [2.24, 2.45) is 0 Å². The van der Waals surface area contributed by atoms with E-state index in [4.69, 9.17) is 11.6 Å². The molecule has 0 aliphatic carbocycles. The molecule has 0 saturated heterocycles. The van der Waals surface area contributed by atoms with Crippen LogP contribution in [0.3, 0.4) is 0 Å². The number of amides is 2. The molecule has 3 aromatic carbocycles. The highest BCUT2D eigenvalue weighted by Gasteiger charge is 2.35. The highest BCUT2D eigenvalue weighted by Crippen LogP contribution is 2.28. The number of para-hydroxylation sites is 1. The molecule has 3 rings (SSSR count). The first-order chi connectivity index (χ1) is 18.3. The molecule has 0 aliphatic rings. The minimum Gasteiger partial charge on any atom is -0.350 e. The van der Waals surface area contributed by atoms with E-state index in [-0.39, 0.29) is 17.3 Å². The Morgan fingerprint density at radius 1 is 0.923 bits per heavy atom. The van der Waals surface area contributed by atoms with Gasteiger partial charge in [-0.2, -0.15) is 0 Å². The van der Waals surface area contributed by atoms with Gasteiger partial charge in [-0.3, -0.25) is 13.9 Å². The Hall–Kier alpha value is -3.36. The average Bonchev–Trinajstić information content (AvgIpc) is 2.88. The largest absolute Gasteiger partial charge is 0.350 e. The molecule has 0 spiro atoms. The maximum Gasteiger partial charge on any atom is 0.264 e. The lowest BCUT2D eigenvalue weighted by Crippen LogP contribution is -2.55. The highest BCUT2D eigenvalue weighted by molar-refractivity contribution is 7.92. The second kappa shape index (κ2) is 12.7. The number of carbonyl (C=O) groups is 2. The van der Waals surface area contributed by atoms with Crippen LogP contribution in [0, 0.1) is 6.92 Å². The minimum atomic E-state index is -4.11. The molecule has 39 heavy (non-hydrogen) atoms. The maximum atomic E-state index is 14.1. The predicted molar refractivity (Wildman–Crippen MR) is 156 cm³/mol. The molecule has 2 amide bonds. The molecule has 0 aliphatic heterocycles. The lowest BCUT2D eigenvalue weighted by molar-refractivity contribution is -0.141. The quantitative estimate of drug-likeness (QED) is 0.346. The van der Waals surface area contributed by atoms with Gasteiger partial charge in [0.1, 0.15) is 12.6 Å². The first kappa shape index (κ1) is 30.2. The van der Waals surface area contributed by atoms with E-state index in [0.29, 0.717) is 28.3 Å². The van der Waals surface area contributed by atoms with Crippen LogP contribution in [0.2, 0.25) is 5.02 Å². The Balaban J connectivity index is 2.09. The molecule has 208 valence electrons. The van der Waals surface area contributed by atoms with Gasteiger partial charge in [-0.15, -0.1) is 0 Å². The molecule has 1 N–H and O–H groups in total. The fourth-order valence-electron chi connectivity index (χ4n) is 4.26. The number of halogens is 1. The van der Waals surface area contributed by atoms with Gasteiger partial charge < -0.3 is 10.2 Å². The normalized spacial score (nSPS) is 12.5. The summed E-state index contributed by atoms with van der Waals surface area (Å²) in [5.74, 6) is -0.840. The van der Waals surface area contributed by atoms with E-state index in [1.807, 2.05) is 33.8 Å². The van der Waals surface area contributed by atoms with E-state index in [0.717, 1.165) is 4.31 Å². The van der Waals surface area contributed by atoms with Gasteiger partial charge in [-0.1, -0.05) is 73.1 Å². The predicted octanol–water partition coefficient (Wildman–Crippen LogP) is 5.57. The van der Waals surface area contributed by atoms with Gasteiger partial charge in [0.25, 0.3) is 10.0 Å². The Morgan fingerprint density at radius 3 is 2.10 bits per heavy atom. The second-order valence-electron chi connectivity index (χ2n) is 10.4. The van der Waals surface area contributed by atoms with E-state index >= 15 is 0 Å². The summed E-state index contributed by atoms with van der Waals surface area (Å²) < 4.78 is 28.9. The SMILES string of the molecule is CC[C@@H](C(=O)NC(C)(C)C)N(Cc1ccccc1Cl)C(=O)CN(c1ccccc1C)S(=O)(=O)c1ccccc1. The number of aryl methyl sites for hydroxylation is 1. The summed E-state index contributed by atoms with van der Waals surface area (Å²) in [4.78, 5) is 29.0. The molecular formula is C30H36ClN3O4S. The van der Waals surface area contributed by atoms with Crippen molar-refractivity contribution in [2.45, 2.75) is 64.1 Å². The number of hydrogen-bond donors (Lipinski definition) is 1. The zero-order chi connectivity index (χ0) is 28.8. The van der Waals surface area contributed by atoms with Gasteiger partial charge in [0.2, 0.25) is 11.8 Å². The Bertz CT molecular complexity index is 1400.